The highest BCUT2D eigenvalue weighted by Crippen LogP contribution is 2.19. The summed E-state index contributed by atoms with van der Waals surface area (Å²) < 4.78 is 58.0. The molecular weight excluding hydrogens is 223 g/mol. The van der Waals surface area contributed by atoms with E-state index in [-0.39, 0.29) is 6.42 Å². The number of hydrogen-bond acceptors (Lipinski definition) is 3. The Morgan fingerprint density at radius 2 is 1.86 bits per heavy atom. The zero-order chi connectivity index (χ0) is 11.4. The van der Waals surface area contributed by atoms with Crippen molar-refractivity contribution in [2.75, 3.05) is 5.75 Å². The van der Waals surface area contributed by atoms with Crippen LogP contribution >= 0.6 is 0 Å². The van der Waals surface area contributed by atoms with Crippen LogP contribution in [0.25, 0.3) is 0 Å². The molecule has 0 saturated carbocycles. The molecule has 1 N–H and O–H groups in total. The van der Waals surface area contributed by atoms with Crippen LogP contribution in [0.5, 0.6) is 0 Å². The molecule has 0 atom stereocenters. The molecule has 0 bridgehead atoms. The number of alkyl halides is 3. The molecule has 0 aliphatic carbocycles. The van der Waals surface area contributed by atoms with Gasteiger partial charge in [0.1, 0.15) is 0 Å². The molecule has 4 nitrogen and oxygen atoms in total. The van der Waals surface area contributed by atoms with Crippen LogP contribution in [0.2, 0.25) is 0 Å². The number of carbonyl (C=O) groups is 1. The summed E-state index contributed by atoms with van der Waals surface area (Å²) in [6, 6.07) is 0. The molecule has 0 radical (unpaired) electrons. The second kappa shape index (κ2) is 4.63. The SMILES string of the molecule is CCC(=O)NS(=O)(=O)CCC(F)(F)F. The molecule has 0 aliphatic rings. The summed E-state index contributed by atoms with van der Waals surface area (Å²) in [6.45, 7) is 1.40. The molecule has 0 heterocycles. The summed E-state index contributed by atoms with van der Waals surface area (Å²) in [6.07, 6.45) is -6.09. The molecule has 0 saturated heterocycles. The Bertz CT molecular complexity index is 296. The van der Waals surface area contributed by atoms with Gasteiger partial charge in [0.25, 0.3) is 0 Å². The highest BCUT2D eigenvalue weighted by atomic mass is 32.2. The van der Waals surface area contributed by atoms with Gasteiger partial charge in [-0.05, 0) is 0 Å². The Labute approximate surface area is 79.5 Å². The maximum absolute atomic E-state index is 11.6. The van der Waals surface area contributed by atoms with Crippen molar-refractivity contribution in [3.8, 4) is 0 Å². The molecule has 84 valence electrons. The lowest BCUT2D eigenvalue weighted by molar-refractivity contribution is -0.130. The summed E-state index contributed by atoms with van der Waals surface area (Å²) in [5, 5.41) is 0. The van der Waals surface area contributed by atoms with Gasteiger partial charge in [-0.15, -0.1) is 0 Å². The van der Waals surface area contributed by atoms with Crippen LogP contribution < -0.4 is 4.72 Å². The zero-order valence-electron chi connectivity index (χ0n) is 7.39. The van der Waals surface area contributed by atoms with Crippen LogP contribution in [0.1, 0.15) is 19.8 Å². The lowest BCUT2D eigenvalue weighted by atomic mass is 10.5. The van der Waals surface area contributed by atoms with E-state index in [1.807, 2.05) is 0 Å². The van der Waals surface area contributed by atoms with E-state index in [9.17, 15) is 26.4 Å². The molecule has 0 fully saturated rings. The standard InChI is InChI=1S/C6H10F3NO3S/c1-2-5(11)10-14(12,13)4-3-6(7,8)9/h2-4H2,1H3,(H,10,11). The third-order valence-corrected chi connectivity index (χ3v) is 2.52. The van der Waals surface area contributed by atoms with E-state index in [2.05, 4.69) is 0 Å². The summed E-state index contributed by atoms with van der Waals surface area (Å²) in [7, 11) is -4.15. The van der Waals surface area contributed by atoms with Gasteiger partial charge in [0.15, 0.2) is 0 Å². The predicted octanol–water partition coefficient (Wildman–Crippen LogP) is 0.795. The number of halogens is 3. The minimum Gasteiger partial charge on any atom is -0.274 e. The van der Waals surface area contributed by atoms with Gasteiger partial charge in [-0.25, -0.2) is 8.42 Å². The Kier molecular flexibility index (Phi) is 4.37. The molecule has 0 spiro atoms. The summed E-state index contributed by atoms with van der Waals surface area (Å²) in [5.74, 6) is -1.94. The lowest BCUT2D eigenvalue weighted by Gasteiger charge is -2.07. The monoisotopic (exact) mass is 233 g/mol. The van der Waals surface area contributed by atoms with Crippen molar-refractivity contribution in [1.82, 2.24) is 4.72 Å². The minimum atomic E-state index is -4.54. The molecule has 0 aromatic rings. The van der Waals surface area contributed by atoms with E-state index in [0.29, 0.717) is 0 Å². The fraction of sp³-hybridized carbons (Fsp3) is 0.833. The first-order chi connectivity index (χ1) is 6.16. The van der Waals surface area contributed by atoms with Gasteiger partial charge in [0.05, 0.1) is 12.2 Å². The highest BCUT2D eigenvalue weighted by Gasteiger charge is 2.30. The largest absolute Gasteiger partial charge is 0.390 e. The van der Waals surface area contributed by atoms with Gasteiger partial charge in [0, 0.05) is 6.42 Å². The van der Waals surface area contributed by atoms with Crippen molar-refractivity contribution in [3.05, 3.63) is 0 Å². The van der Waals surface area contributed by atoms with Gasteiger partial charge in [-0.3, -0.25) is 9.52 Å². The molecule has 0 aromatic heterocycles. The van der Waals surface area contributed by atoms with Crippen molar-refractivity contribution < 1.29 is 26.4 Å². The minimum absolute atomic E-state index is 0.0920. The Balaban J connectivity index is 4.17. The van der Waals surface area contributed by atoms with Gasteiger partial charge in [0.2, 0.25) is 15.9 Å². The van der Waals surface area contributed by atoms with Crippen molar-refractivity contribution >= 4 is 15.9 Å². The number of amides is 1. The summed E-state index contributed by atoms with van der Waals surface area (Å²) >= 11 is 0. The predicted molar refractivity (Wildman–Crippen MR) is 42.9 cm³/mol. The van der Waals surface area contributed by atoms with E-state index in [1.165, 1.54) is 11.6 Å². The van der Waals surface area contributed by atoms with Crippen molar-refractivity contribution in [2.45, 2.75) is 25.9 Å². The average Bonchev–Trinajstić information content (AvgIpc) is 1.99. The van der Waals surface area contributed by atoms with Gasteiger partial charge in [-0.2, -0.15) is 13.2 Å². The quantitative estimate of drug-likeness (QED) is 0.781. The third kappa shape index (κ3) is 6.70. The fourth-order valence-electron chi connectivity index (χ4n) is 0.547. The van der Waals surface area contributed by atoms with Crippen LogP contribution in [0, 0.1) is 0 Å². The maximum Gasteiger partial charge on any atom is 0.390 e. The molecule has 1 amide bonds. The van der Waals surface area contributed by atoms with E-state index in [0.717, 1.165) is 0 Å². The van der Waals surface area contributed by atoms with E-state index in [1.54, 1.807) is 0 Å². The lowest BCUT2D eigenvalue weighted by Crippen LogP contribution is -2.33. The molecular formula is C6H10F3NO3S. The van der Waals surface area contributed by atoms with Crippen molar-refractivity contribution in [1.29, 1.82) is 0 Å². The van der Waals surface area contributed by atoms with Crippen LogP contribution in [-0.4, -0.2) is 26.3 Å². The molecule has 0 unspecified atom stereocenters. The smallest absolute Gasteiger partial charge is 0.274 e. The summed E-state index contributed by atoms with van der Waals surface area (Å²) in [4.78, 5) is 10.6. The topological polar surface area (TPSA) is 63.2 Å². The van der Waals surface area contributed by atoms with E-state index < -0.39 is 34.3 Å². The van der Waals surface area contributed by atoms with Gasteiger partial charge in [-0.1, -0.05) is 6.92 Å². The number of sulfonamides is 1. The van der Waals surface area contributed by atoms with Crippen molar-refractivity contribution in [2.24, 2.45) is 0 Å². The van der Waals surface area contributed by atoms with Gasteiger partial charge >= 0.3 is 6.18 Å². The molecule has 14 heavy (non-hydrogen) atoms. The Morgan fingerprint density at radius 3 is 2.21 bits per heavy atom. The highest BCUT2D eigenvalue weighted by molar-refractivity contribution is 7.90. The van der Waals surface area contributed by atoms with Crippen LogP contribution in [-0.2, 0) is 14.8 Å². The molecule has 0 aliphatic heterocycles. The summed E-state index contributed by atoms with van der Waals surface area (Å²) in [5.41, 5.74) is 0. The molecule has 0 aromatic carbocycles. The molecule has 8 heteroatoms. The zero-order valence-corrected chi connectivity index (χ0v) is 8.20. The Hall–Kier alpha value is -0.790. The van der Waals surface area contributed by atoms with Crippen molar-refractivity contribution in [3.63, 3.8) is 0 Å². The number of hydrogen-bond donors (Lipinski definition) is 1. The fourth-order valence-corrected chi connectivity index (χ4v) is 1.64. The normalized spacial score (nSPS) is 12.6. The number of nitrogens with one attached hydrogen (secondary N) is 1. The third-order valence-electron chi connectivity index (χ3n) is 1.24. The number of rotatable bonds is 4. The molecule has 0 rings (SSSR count). The Morgan fingerprint density at radius 1 is 1.36 bits per heavy atom. The van der Waals surface area contributed by atoms with Crippen LogP contribution in [0.3, 0.4) is 0 Å². The first kappa shape index (κ1) is 13.2. The second-order valence-electron chi connectivity index (χ2n) is 2.56. The van der Waals surface area contributed by atoms with Crippen LogP contribution in [0.4, 0.5) is 13.2 Å². The first-order valence-electron chi connectivity index (χ1n) is 3.76. The van der Waals surface area contributed by atoms with E-state index in [4.69, 9.17) is 0 Å². The van der Waals surface area contributed by atoms with Gasteiger partial charge < -0.3 is 0 Å². The second-order valence-corrected chi connectivity index (χ2v) is 4.40. The first-order valence-corrected chi connectivity index (χ1v) is 5.41. The average molecular weight is 233 g/mol. The van der Waals surface area contributed by atoms with Crippen LogP contribution in [0.15, 0.2) is 0 Å². The number of carbonyl (C=O) groups excluding carboxylic acids is 1. The van der Waals surface area contributed by atoms with E-state index >= 15 is 0 Å². The maximum atomic E-state index is 11.6.